The van der Waals surface area contributed by atoms with Crippen molar-refractivity contribution in [2.75, 3.05) is 6.54 Å². The number of benzene rings is 1. The normalized spacial score (nSPS) is 9.62. The molecule has 0 heterocycles. The molecule has 0 spiro atoms. The maximum absolute atomic E-state index is 13.0. The Balaban J connectivity index is 2.45. The maximum Gasteiger partial charge on any atom is 0.315 e. The van der Waals surface area contributed by atoms with Gasteiger partial charge in [0.25, 0.3) is 0 Å². The number of carbonyl (C=O) groups excluding carboxylic acids is 1. The Morgan fingerprint density at radius 2 is 2.25 bits per heavy atom. The summed E-state index contributed by atoms with van der Waals surface area (Å²) in [6.45, 7) is 5.98. The molecule has 0 fully saturated rings. The van der Waals surface area contributed by atoms with E-state index in [9.17, 15) is 9.18 Å². The van der Waals surface area contributed by atoms with E-state index in [1.807, 2.05) is 0 Å². The van der Waals surface area contributed by atoms with Gasteiger partial charge in [-0.1, -0.05) is 18.2 Å². The molecule has 1 aromatic carbocycles. The van der Waals surface area contributed by atoms with Gasteiger partial charge in [0.1, 0.15) is 5.82 Å². The Bertz CT molecular complexity index is 391. The van der Waals surface area contributed by atoms with Gasteiger partial charge in [-0.3, -0.25) is 0 Å². The predicted octanol–water partition coefficient (Wildman–Crippen LogP) is 2.12. The lowest BCUT2D eigenvalue weighted by Crippen LogP contribution is -2.34. The second kappa shape index (κ2) is 5.90. The van der Waals surface area contributed by atoms with Crippen molar-refractivity contribution < 1.29 is 9.18 Å². The zero-order chi connectivity index (χ0) is 12.0. The lowest BCUT2D eigenvalue weighted by atomic mass is 10.1. The second-order valence-corrected chi connectivity index (χ2v) is 3.44. The number of hydrogen-bond donors (Lipinski definition) is 2. The van der Waals surface area contributed by atoms with Gasteiger partial charge in [-0.05, 0) is 24.1 Å². The molecular formula is C12H15FN2O. The number of urea groups is 1. The Hall–Kier alpha value is -1.84. The molecule has 3 nitrogen and oxygen atoms in total. The van der Waals surface area contributed by atoms with Crippen molar-refractivity contribution in [1.82, 2.24) is 10.6 Å². The van der Waals surface area contributed by atoms with Crippen LogP contribution in [0.3, 0.4) is 0 Å². The highest BCUT2D eigenvalue weighted by atomic mass is 19.1. The Morgan fingerprint density at radius 3 is 2.88 bits per heavy atom. The quantitative estimate of drug-likeness (QED) is 0.753. The average molecular weight is 222 g/mol. The zero-order valence-electron chi connectivity index (χ0n) is 9.22. The van der Waals surface area contributed by atoms with Gasteiger partial charge in [-0.15, -0.1) is 6.58 Å². The van der Waals surface area contributed by atoms with Crippen LogP contribution in [0.15, 0.2) is 30.9 Å². The average Bonchev–Trinajstić information content (AvgIpc) is 2.28. The molecule has 0 radical (unpaired) electrons. The molecule has 0 aliphatic heterocycles. The lowest BCUT2D eigenvalue weighted by molar-refractivity contribution is 0.241. The summed E-state index contributed by atoms with van der Waals surface area (Å²) in [5.41, 5.74) is 1.44. The number of hydrogen-bond acceptors (Lipinski definition) is 1. The minimum Gasteiger partial charge on any atom is -0.335 e. The summed E-state index contributed by atoms with van der Waals surface area (Å²) in [5, 5.41) is 5.25. The lowest BCUT2D eigenvalue weighted by Gasteiger charge is -2.06. The molecule has 86 valence electrons. The first-order valence-electron chi connectivity index (χ1n) is 5.01. The summed E-state index contributed by atoms with van der Waals surface area (Å²) in [6, 6.07) is 4.50. The van der Waals surface area contributed by atoms with Gasteiger partial charge in [0.05, 0.1) is 0 Å². The van der Waals surface area contributed by atoms with Crippen molar-refractivity contribution in [3.8, 4) is 0 Å². The summed E-state index contributed by atoms with van der Waals surface area (Å²) in [6.07, 6.45) is 1.60. The molecule has 4 heteroatoms. The van der Waals surface area contributed by atoms with Crippen LogP contribution in [0.5, 0.6) is 0 Å². The summed E-state index contributed by atoms with van der Waals surface area (Å²) >= 11 is 0. The van der Waals surface area contributed by atoms with Gasteiger partial charge in [0, 0.05) is 13.1 Å². The van der Waals surface area contributed by atoms with E-state index in [1.165, 1.54) is 6.07 Å². The first kappa shape index (κ1) is 12.2. The summed E-state index contributed by atoms with van der Waals surface area (Å²) in [7, 11) is 0. The molecule has 0 atom stereocenters. The fourth-order valence-electron chi connectivity index (χ4n) is 1.23. The van der Waals surface area contributed by atoms with Crippen LogP contribution in [-0.4, -0.2) is 12.6 Å². The van der Waals surface area contributed by atoms with Crippen LogP contribution < -0.4 is 10.6 Å². The number of rotatable bonds is 4. The second-order valence-electron chi connectivity index (χ2n) is 3.44. The molecule has 0 saturated carbocycles. The first-order chi connectivity index (χ1) is 7.63. The van der Waals surface area contributed by atoms with Crippen LogP contribution >= 0.6 is 0 Å². The van der Waals surface area contributed by atoms with Crippen LogP contribution in [0.25, 0.3) is 0 Å². The van der Waals surface area contributed by atoms with E-state index in [-0.39, 0.29) is 11.8 Å². The first-order valence-corrected chi connectivity index (χ1v) is 5.01. The highest BCUT2D eigenvalue weighted by Crippen LogP contribution is 2.08. The van der Waals surface area contributed by atoms with E-state index in [0.29, 0.717) is 18.7 Å². The van der Waals surface area contributed by atoms with E-state index in [4.69, 9.17) is 0 Å². The minimum absolute atomic E-state index is 0.236. The van der Waals surface area contributed by atoms with E-state index in [1.54, 1.807) is 25.1 Å². The highest BCUT2D eigenvalue weighted by Gasteiger charge is 2.01. The number of nitrogens with one attached hydrogen (secondary N) is 2. The number of halogens is 1. The third kappa shape index (κ3) is 3.73. The molecule has 0 unspecified atom stereocenters. The van der Waals surface area contributed by atoms with Gasteiger partial charge in [0.15, 0.2) is 0 Å². The monoisotopic (exact) mass is 222 g/mol. The summed E-state index contributed by atoms with van der Waals surface area (Å²) in [5.74, 6) is -0.236. The molecule has 0 aliphatic rings. The molecular weight excluding hydrogens is 207 g/mol. The predicted molar refractivity (Wildman–Crippen MR) is 61.6 cm³/mol. The number of aryl methyl sites for hydroxylation is 1. The molecule has 0 aliphatic carbocycles. The van der Waals surface area contributed by atoms with Gasteiger partial charge in [-0.25, -0.2) is 9.18 Å². The standard InChI is InChI=1S/C12H15FN2O/c1-3-6-14-12(16)15-8-10-4-5-11(13)9(2)7-10/h3-5,7H,1,6,8H2,2H3,(H2,14,15,16). The molecule has 0 bridgehead atoms. The minimum atomic E-state index is -0.262. The third-order valence-electron chi connectivity index (χ3n) is 2.08. The van der Waals surface area contributed by atoms with Gasteiger partial charge in [0.2, 0.25) is 0 Å². The smallest absolute Gasteiger partial charge is 0.315 e. The fourth-order valence-corrected chi connectivity index (χ4v) is 1.23. The van der Waals surface area contributed by atoms with Crippen LogP contribution in [-0.2, 0) is 6.54 Å². The Morgan fingerprint density at radius 1 is 1.50 bits per heavy atom. The van der Waals surface area contributed by atoms with Crippen molar-refractivity contribution in [3.63, 3.8) is 0 Å². The largest absolute Gasteiger partial charge is 0.335 e. The SMILES string of the molecule is C=CCNC(=O)NCc1ccc(F)c(C)c1. The molecule has 0 aromatic heterocycles. The van der Waals surface area contributed by atoms with E-state index in [0.717, 1.165) is 5.56 Å². The van der Waals surface area contributed by atoms with Gasteiger partial charge < -0.3 is 10.6 Å². The van der Waals surface area contributed by atoms with Crippen LogP contribution in [0.4, 0.5) is 9.18 Å². The van der Waals surface area contributed by atoms with E-state index < -0.39 is 0 Å². The van der Waals surface area contributed by atoms with Crippen molar-refractivity contribution in [2.45, 2.75) is 13.5 Å². The third-order valence-corrected chi connectivity index (χ3v) is 2.08. The van der Waals surface area contributed by atoms with Crippen molar-refractivity contribution in [3.05, 3.63) is 47.8 Å². The summed E-state index contributed by atoms with van der Waals surface area (Å²) < 4.78 is 13.0. The van der Waals surface area contributed by atoms with Gasteiger partial charge in [-0.2, -0.15) is 0 Å². The molecule has 1 aromatic rings. The van der Waals surface area contributed by atoms with E-state index in [2.05, 4.69) is 17.2 Å². The zero-order valence-corrected chi connectivity index (χ0v) is 9.22. The van der Waals surface area contributed by atoms with Crippen molar-refractivity contribution >= 4 is 6.03 Å². The van der Waals surface area contributed by atoms with Crippen LogP contribution in [0.2, 0.25) is 0 Å². The number of amides is 2. The van der Waals surface area contributed by atoms with Crippen LogP contribution in [0.1, 0.15) is 11.1 Å². The fraction of sp³-hybridized carbons (Fsp3) is 0.250. The maximum atomic E-state index is 13.0. The van der Waals surface area contributed by atoms with Crippen molar-refractivity contribution in [2.24, 2.45) is 0 Å². The van der Waals surface area contributed by atoms with E-state index >= 15 is 0 Å². The van der Waals surface area contributed by atoms with Crippen molar-refractivity contribution in [1.29, 1.82) is 0 Å². The Labute approximate surface area is 94.4 Å². The van der Waals surface area contributed by atoms with Gasteiger partial charge >= 0.3 is 6.03 Å². The number of carbonyl (C=O) groups is 1. The molecule has 2 N–H and O–H groups in total. The molecule has 2 amide bonds. The molecule has 16 heavy (non-hydrogen) atoms. The molecule has 0 saturated heterocycles. The van der Waals surface area contributed by atoms with Crippen LogP contribution in [0, 0.1) is 12.7 Å². The highest BCUT2D eigenvalue weighted by molar-refractivity contribution is 5.73. The summed E-state index contributed by atoms with van der Waals surface area (Å²) in [4.78, 5) is 11.2. The molecule has 1 rings (SSSR count). The topological polar surface area (TPSA) is 41.1 Å². The Kier molecular flexibility index (Phi) is 4.51.